The minimum Gasteiger partial charge on any atom is -0.506 e. The van der Waals surface area contributed by atoms with Crippen molar-refractivity contribution >= 4 is 73.0 Å². The van der Waals surface area contributed by atoms with Crippen LogP contribution in [0.5, 0.6) is 5.75 Å². The van der Waals surface area contributed by atoms with Gasteiger partial charge >= 0.3 is 0 Å². The van der Waals surface area contributed by atoms with E-state index in [4.69, 9.17) is 40.5 Å². The molecule has 2 amide bonds. The van der Waals surface area contributed by atoms with Crippen LogP contribution in [0.2, 0.25) is 15.1 Å². The van der Waals surface area contributed by atoms with Crippen molar-refractivity contribution in [1.82, 2.24) is 0 Å². The molecule has 0 bridgehead atoms. The van der Waals surface area contributed by atoms with E-state index in [9.17, 15) is 14.7 Å². The van der Waals surface area contributed by atoms with Crippen LogP contribution in [-0.4, -0.2) is 16.9 Å². The van der Waals surface area contributed by atoms with E-state index in [1.165, 1.54) is 30.3 Å². The lowest BCUT2D eigenvalue weighted by atomic mass is 10.1. The van der Waals surface area contributed by atoms with Crippen LogP contribution in [-0.2, 0) is 0 Å². The Morgan fingerprint density at radius 3 is 2.32 bits per heavy atom. The molecule has 4 N–H and O–H groups in total. The smallest absolute Gasteiger partial charge is 0.256 e. The summed E-state index contributed by atoms with van der Waals surface area (Å²) in [5.41, 5.74) is 5.78. The summed E-state index contributed by atoms with van der Waals surface area (Å²) in [5, 5.41) is 13.7. The molecule has 0 aliphatic rings. The maximum atomic E-state index is 12.5. The first kappa shape index (κ1) is 17.8. The van der Waals surface area contributed by atoms with Crippen LogP contribution in [0.25, 0.3) is 10.1 Å². The Morgan fingerprint density at radius 2 is 1.72 bits per heavy atom. The van der Waals surface area contributed by atoms with E-state index in [2.05, 4.69) is 5.32 Å². The van der Waals surface area contributed by atoms with Crippen molar-refractivity contribution in [1.29, 1.82) is 0 Å². The average Bonchev–Trinajstić information content (AvgIpc) is 2.89. The summed E-state index contributed by atoms with van der Waals surface area (Å²) in [6, 6.07) is 7.25. The van der Waals surface area contributed by atoms with Crippen LogP contribution in [0.4, 0.5) is 5.00 Å². The molecule has 0 spiro atoms. The molecule has 5 nitrogen and oxygen atoms in total. The van der Waals surface area contributed by atoms with Crippen molar-refractivity contribution in [2.75, 3.05) is 5.32 Å². The number of benzene rings is 2. The van der Waals surface area contributed by atoms with Gasteiger partial charge in [0.1, 0.15) is 15.8 Å². The summed E-state index contributed by atoms with van der Waals surface area (Å²) in [6.45, 7) is 0. The van der Waals surface area contributed by atoms with E-state index in [-0.39, 0.29) is 26.9 Å². The predicted molar refractivity (Wildman–Crippen MR) is 101 cm³/mol. The largest absolute Gasteiger partial charge is 0.506 e. The number of amides is 2. The minimum atomic E-state index is -0.729. The molecule has 0 fully saturated rings. The molecule has 2 aromatic carbocycles. The topological polar surface area (TPSA) is 92.4 Å². The van der Waals surface area contributed by atoms with Gasteiger partial charge in [0, 0.05) is 21.0 Å². The molecule has 128 valence electrons. The van der Waals surface area contributed by atoms with Gasteiger partial charge in [-0.25, -0.2) is 0 Å². The van der Waals surface area contributed by atoms with Gasteiger partial charge in [-0.2, -0.15) is 0 Å². The maximum absolute atomic E-state index is 12.5. The van der Waals surface area contributed by atoms with Gasteiger partial charge in [-0.15, -0.1) is 11.3 Å². The molecule has 1 aromatic heterocycles. The number of hydrogen-bond donors (Lipinski definition) is 3. The highest BCUT2D eigenvalue weighted by molar-refractivity contribution is 7.24. The van der Waals surface area contributed by atoms with Crippen molar-refractivity contribution < 1.29 is 14.7 Å². The number of nitrogens with two attached hydrogens (primary N) is 1. The molecular weight excluding hydrogens is 407 g/mol. The van der Waals surface area contributed by atoms with E-state index in [1.54, 1.807) is 0 Å². The van der Waals surface area contributed by atoms with Crippen molar-refractivity contribution in [3.05, 3.63) is 56.5 Å². The van der Waals surface area contributed by atoms with Crippen molar-refractivity contribution in [3.63, 3.8) is 0 Å². The molecule has 0 saturated carbocycles. The second kappa shape index (κ2) is 6.72. The van der Waals surface area contributed by atoms with E-state index >= 15 is 0 Å². The van der Waals surface area contributed by atoms with Crippen molar-refractivity contribution in [2.24, 2.45) is 5.73 Å². The number of halogens is 3. The zero-order valence-corrected chi connectivity index (χ0v) is 15.4. The molecule has 0 saturated heterocycles. The Hall–Kier alpha value is -1.99. The first-order chi connectivity index (χ1) is 11.8. The van der Waals surface area contributed by atoms with E-state index in [0.29, 0.717) is 20.1 Å². The molecule has 0 aliphatic carbocycles. The van der Waals surface area contributed by atoms with Gasteiger partial charge in [-0.1, -0.05) is 34.8 Å². The number of aromatic hydroxyl groups is 1. The number of hydrogen-bond acceptors (Lipinski definition) is 4. The summed E-state index contributed by atoms with van der Waals surface area (Å²) in [4.78, 5) is 24.3. The van der Waals surface area contributed by atoms with E-state index in [1.807, 2.05) is 0 Å². The molecule has 1 heterocycles. The molecule has 0 aliphatic heterocycles. The van der Waals surface area contributed by atoms with Gasteiger partial charge in [0.25, 0.3) is 11.8 Å². The number of phenols is 1. The second-order valence-corrected chi connectivity index (χ2v) is 7.33. The lowest BCUT2D eigenvalue weighted by molar-refractivity contribution is 0.100. The number of fused-ring (bicyclic) bond motifs is 1. The third-order valence-electron chi connectivity index (χ3n) is 3.38. The van der Waals surface area contributed by atoms with Gasteiger partial charge in [-0.3, -0.25) is 9.59 Å². The normalized spacial score (nSPS) is 10.8. The SMILES string of the molecule is NC(=O)c1c(NC(=O)c2cc(Cl)cc(Cl)c2)sc2c(Cl)c(O)ccc12. The number of carbonyl (C=O) groups is 2. The van der Waals surface area contributed by atoms with Gasteiger partial charge in [-0.05, 0) is 30.3 Å². The van der Waals surface area contributed by atoms with Gasteiger partial charge in [0.2, 0.25) is 0 Å². The van der Waals surface area contributed by atoms with Crippen LogP contribution in [0.1, 0.15) is 20.7 Å². The minimum absolute atomic E-state index is 0.0799. The van der Waals surface area contributed by atoms with Gasteiger partial charge in [0.05, 0.1) is 10.3 Å². The summed E-state index contributed by atoms with van der Waals surface area (Å²) in [6.07, 6.45) is 0. The number of rotatable bonds is 3. The lowest BCUT2D eigenvalue weighted by Crippen LogP contribution is -2.16. The van der Waals surface area contributed by atoms with Gasteiger partial charge in [0.15, 0.2) is 0 Å². The summed E-state index contributed by atoms with van der Waals surface area (Å²) in [5.74, 6) is -1.38. The first-order valence-electron chi connectivity index (χ1n) is 6.79. The molecule has 0 radical (unpaired) electrons. The standard InChI is InChI=1S/C16H9Cl3N2O3S/c17-7-3-6(4-8(18)5-7)15(24)21-16-11(14(20)23)9-1-2-10(22)12(19)13(9)25-16/h1-5,22H,(H2,20,23)(H,21,24). The van der Waals surface area contributed by atoms with Crippen LogP contribution in [0.3, 0.4) is 0 Å². The van der Waals surface area contributed by atoms with Crippen LogP contribution in [0, 0.1) is 0 Å². The highest BCUT2D eigenvalue weighted by atomic mass is 35.5. The Morgan fingerprint density at radius 1 is 1.08 bits per heavy atom. The van der Waals surface area contributed by atoms with E-state index < -0.39 is 11.8 Å². The lowest BCUT2D eigenvalue weighted by Gasteiger charge is -2.06. The van der Waals surface area contributed by atoms with E-state index in [0.717, 1.165) is 11.3 Å². The highest BCUT2D eigenvalue weighted by Crippen LogP contribution is 2.43. The Balaban J connectivity index is 2.09. The number of nitrogens with one attached hydrogen (secondary N) is 1. The molecular formula is C16H9Cl3N2O3S. The summed E-state index contributed by atoms with van der Waals surface area (Å²) in [7, 11) is 0. The quantitative estimate of drug-likeness (QED) is 0.567. The van der Waals surface area contributed by atoms with Crippen LogP contribution >= 0.6 is 46.1 Å². The third-order valence-corrected chi connectivity index (χ3v) is 5.45. The third kappa shape index (κ3) is 3.39. The molecule has 0 atom stereocenters. The fraction of sp³-hybridized carbons (Fsp3) is 0. The van der Waals surface area contributed by atoms with Crippen molar-refractivity contribution in [2.45, 2.75) is 0 Å². The van der Waals surface area contributed by atoms with Crippen LogP contribution < -0.4 is 11.1 Å². The summed E-state index contributed by atoms with van der Waals surface area (Å²) >= 11 is 18.9. The molecule has 0 unspecified atom stereocenters. The first-order valence-corrected chi connectivity index (χ1v) is 8.74. The Labute approximate surface area is 160 Å². The number of primary amides is 1. The van der Waals surface area contributed by atoms with Crippen molar-refractivity contribution in [3.8, 4) is 5.75 Å². The fourth-order valence-corrected chi connectivity index (χ4v) is 4.25. The number of carbonyl (C=O) groups excluding carboxylic acids is 2. The highest BCUT2D eigenvalue weighted by Gasteiger charge is 2.22. The zero-order chi connectivity index (χ0) is 18.3. The fourth-order valence-electron chi connectivity index (χ4n) is 2.31. The maximum Gasteiger partial charge on any atom is 0.256 e. The second-order valence-electron chi connectivity index (χ2n) is 5.06. The predicted octanol–water partition coefficient (Wildman–Crippen LogP) is 4.92. The molecule has 9 heteroatoms. The monoisotopic (exact) mass is 414 g/mol. The van der Waals surface area contributed by atoms with Crippen LogP contribution in [0.15, 0.2) is 30.3 Å². The average molecular weight is 416 g/mol. The van der Waals surface area contributed by atoms with Gasteiger partial charge < -0.3 is 16.2 Å². The number of thiophene rings is 1. The molecule has 3 rings (SSSR count). The molecule has 25 heavy (non-hydrogen) atoms. The Kier molecular flexibility index (Phi) is 4.79. The Bertz CT molecular complexity index is 1010. The molecule has 3 aromatic rings. The zero-order valence-electron chi connectivity index (χ0n) is 12.3. The summed E-state index contributed by atoms with van der Waals surface area (Å²) < 4.78 is 0.440. The number of anilines is 1. The number of phenolic OH excluding ortho intramolecular Hbond substituents is 1.